The third kappa shape index (κ3) is 4.43. The van der Waals surface area contributed by atoms with Crippen LogP contribution in [0.4, 0.5) is 11.4 Å². The molecule has 1 saturated carbocycles. The molecule has 1 aromatic carbocycles. The predicted molar refractivity (Wildman–Crippen MR) is 119 cm³/mol. The quantitative estimate of drug-likeness (QED) is 0.650. The third-order valence-corrected chi connectivity index (χ3v) is 7.48. The molecule has 1 amide bonds. The lowest BCUT2D eigenvalue weighted by atomic mass is 9.86. The molecule has 4 rings (SSSR count). The van der Waals surface area contributed by atoms with Gasteiger partial charge in [0, 0.05) is 35.8 Å². The second-order valence-electron chi connectivity index (χ2n) is 8.59. The first-order valence-electron chi connectivity index (χ1n) is 10.8. The zero-order valence-electron chi connectivity index (χ0n) is 17.2. The molecule has 0 unspecified atom stereocenters. The first-order valence-corrected chi connectivity index (χ1v) is 11.7. The van der Waals surface area contributed by atoms with Gasteiger partial charge in [0.15, 0.2) is 0 Å². The normalized spacial score (nSPS) is 17.4. The van der Waals surface area contributed by atoms with Crippen molar-refractivity contribution >= 4 is 28.6 Å². The molecular weight excluding hydrogens is 364 g/mol. The molecule has 0 bridgehead atoms. The van der Waals surface area contributed by atoms with Crippen LogP contribution in [-0.2, 0) is 17.8 Å². The number of rotatable bonds is 5. The Morgan fingerprint density at radius 2 is 1.93 bits per heavy atom. The van der Waals surface area contributed by atoms with Crippen molar-refractivity contribution in [2.45, 2.75) is 71.8 Å². The fraction of sp³-hybridized carbons (Fsp3) is 0.542. The molecule has 0 atom stereocenters. The summed E-state index contributed by atoms with van der Waals surface area (Å²) < 4.78 is 0. The second-order valence-corrected chi connectivity index (χ2v) is 9.59. The number of aryl methyl sites for hydroxylation is 2. The lowest BCUT2D eigenvalue weighted by Crippen LogP contribution is -2.29. The van der Waals surface area contributed by atoms with Crippen molar-refractivity contribution in [3.63, 3.8) is 0 Å². The van der Waals surface area contributed by atoms with Crippen LogP contribution in [0.5, 0.6) is 0 Å². The van der Waals surface area contributed by atoms with E-state index < -0.39 is 0 Å². The summed E-state index contributed by atoms with van der Waals surface area (Å²) >= 11 is 1.88. The molecule has 2 heterocycles. The average Bonchev–Trinajstić information content (AvgIpc) is 3.17. The van der Waals surface area contributed by atoms with Gasteiger partial charge in [0.05, 0.1) is 0 Å². The van der Waals surface area contributed by atoms with Gasteiger partial charge in [0.2, 0.25) is 5.91 Å². The van der Waals surface area contributed by atoms with E-state index in [9.17, 15) is 4.79 Å². The van der Waals surface area contributed by atoms with Crippen molar-refractivity contribution in [2.24, 2.45) is 5.92 Å². The zero-order chi connectivity index (χ0) is 19.5. The van der Waals surface area contributed by atoms with Gasteiger partial charge in [-0.25, -0.2) is 0 Å². The molecule has 1 fully saturated rings. The molecule has 0 saturated heterocycles. The van der Waals surface area contributed by atoms with Gasteiger partial charge >= 0.3 is 0 Å². The Morgan fingerprint density at radius 3 is 2.68 bits per heavy atom. The number of thiophene rings is 1. The van der Waals surface area contributed by atoms with Crippen LogP contribution in [-0.4, -0.2) is 12.5 Å². The zero-order valence-corrected chi connectivity index (χ0v) is 18.0. The van der Waals surface area contributed by atoms with Gasteiger partial charge in [-0.1, -0.05) is 32.1 Å². The standard InChI is InChI=1S/C24H32N2OS/c1-17-14-21(26-12-10-22-20(16-26)11-13-28-22)15-18(2)24(17)25-23(27)9-8-19-6-4-3-5-7-19/h11,13-15,19H,3-10,12,16H2,1-2H3,(H,25,27). The van der Waals surface area contributed by atoms with Crippen molar-refractivity contribution in [2.75, 3.05) is 16.8 Å². The molecule has 1 aromatic heterocycles. The Balaban J connectivity index is 1.39. The first-order chi connectivity index (χ1) is 13.6. The average molecular weight is 397 g/mol. The highest BCUT2D eigenvalue weighted by Gasteiger charge is 2.20. The minimum atomic E-state index is 0.172. The van der Waals surface area contributed by atoms with E-state index in [0.29, 0.717) is 6.42 Å². The molecule has 28 heavy (non-hydrogen) atoms. The van der Waals surface area contributed by atoms with Crippen LogP contribution < -0.4 is 10.2 Å². The summed E-state index contributed by atoms with van der Waals surface area (Å²) in [5.41, 5.74) is 6.07. The van der Waals surface area contributed by atoms with Crippen LogP contribution in [0.15, 0.2) is 23.6 Å². The van der Waals surface area contributed by atoms with Gasteiger partial charge in [-0.3, -0.25) is 4.79 Å². The van der Waals surface area contributed by atoms with Crippen LogP contribution in [0.3, 0.4) is 0 Å². The molecule has 1 N–H and O–H groups in total. The number of hydrogen-bond donors (Lipinski definition) is 1. The lowest BCUT2D eigenvalue weighted by Gasteiger charge is -2.30. The SMILES string of the molecule is Cc1cc(N2CCc3sccc3C2)cc(C)c1NC(=O)CCC1CCCCC1. The van der Waals surface area contributed by atoms with E-state index in [1.54, 1.807) is 0 Å². The number of hydrogen-bond acceptors (Lipinski definition) is 3. The summed E-state index contributed by atoms with van der Waals surface area (Å²) in [7, 11) is 0. The maximum atomic E-state index is 12.5. The summed E-state index contributed by atoms with van der Waals surface area (Å²) in [6.07, 6.45) is 9.49. The molecule has 3 nitrogen and oxygen atoms in total. The van der Waals surface area contributed by atoms with Crippen LogP contribution >= 0.6 is 11.3 Å². The Bertz CT molecular complexity index is 812. The van der Waals surface area contributed by atoms with Crippen molar-refractivity contribution in [1.29, 1.82) is 0 Å². The van der Waals surface area contributed by atoms with Gasteiger partial charge in [-0.15, -0.1) is 11.3 Å². The van der Waals surface area contributed by atoms with Gasteiger partial charge in [0.25, 0.3) is 0 Å². The number of benzene rings is 1. The second kappa shape index (κ2) is 8.69. The maximum Gasteiger partial charge on any atom is 0.224 e. The highest BCUT2D eigenvalue weighted by molar-refractivity contribution is 7.10. The first kappa shape index (κ1) is 19.5. The van der Waals surface area contributed by atoms with Crippen LogP contribution in [0.25, 0.3) is 0 Å². The topological polar surface area (TPSA) is 32.3 Å². The molecule has 0 spiro atoms. The van der Waals surface area contributed by atoms with Crippen molar-refractivity contribution < 1.29 is 4.79 Å². The van der Waals surface area contributed by atoms with Gasteiger partial charge in [-0.2, -0.15) is 0 Å². The summed E-state index contributed by atoms with van der Waals surface area (Å²) in [4.78, 5) is 16.5. The van der Waals surface area contributed by atoms with E-state index in [0.717, 1.165) is 48.7 Å². The monoisotopic (exact) mass is 396 g/mol. The molecule has 4 heteroatoms. The van der Waals surface area contributed by atoms with Gasteiger partial charge in [-0.05, 0) is 72.9 Å². The predicted octanol–water partition coefficient (Wildman–Crippen LogP) is 6.23. The fourth-order valence-corrected chi connectivity index (χ4v) is 5.69. The number of amides is 1. The number of anilines is 2. The van der Waals surface area contributed by atoms with E-state index in [4.69, 9.17) is 0 Å². The number of carbonyl (C=O) groups is 1. The number of nitrogens with one attached hydrogen (secondary N) is 1. The smallest absolute Gasteiger partial charge is 0.224 e. The van der Waals surface area contributed by atoms with Crippen molar-refractivity contribution in [3.8, 4) is 0 Å². The van der Waals surface area contributed by atoms with E-state index in [2.05, 4.69) is 47.6 Å². The molecule has 1 aliphatic carbocycles. The Morgan fingerprint density at radius 1 is 1.18 bits per heavy atom. The van der Waals surface area contributed by atoms with E-state index in [-0.39, 0.29) is 5.91 Å². The highest BCUT2D eigenvalue weighted by atomic mass is 32.1. The third-order valence-electron chi connectivity index (χ3n) is 6.46. The molecule has 2 aliphatic rings. The van der Waals surface area contributed by atoms with Crippen molar-refractivity contribution in [1.82, 2.24) is 0 Å². The van der Waals surface area contributed by atoms with Crippen LogP contribution in [0, 0.1) is 19.8 Å². The number of nitrogens with zero attached hydrogens (tertiary/aromatic N) is 1. The largest absolute Gasteiger partial charge is 0.367 e. The molecule has 150 valence electrons. The highest BCUT2D eigenvalue weighted by Crippen LogP contribution is 2.32. The molecule has 0 radical (unpaired) electrons. The minimum Gasteiger partial charge on any atom is -0.367 e. The summed E-state index contributed by atoms with van der Waals surface area (Å²) in [6, 6.07) is 6.73. The van der Waals surface area contributed by atoms with E-state index in [1.807, 2.05) is 11.3 Å². The molecule has 2 aromatic rings. The van der Waals surface area contributed by atoms with Gasteiger partial charge < -0.3 is 10.2 Å². The summed E-state index contributed by atoms with van der Waals surface area (Å²) in [5.74, 6) is 0.926. The lowest BCUT2D eigenvalue weighted by molar-refractivity contribution is -0.116. The molecule has 1 aliphatic heterocycles. The van der Waals surface area contributed by atoms with Crippen LogP contribution in [0.2, 0.25) is 0 Å². The number of carbonyl (C=O) groups excluding carboxylic acids is 1. The minimum absolute atomic E-state index is 0.172. The summed E-state index contributed by atoms with van der Waals surface area (Å²) in [6.45, 7) is 6.30. The Labute approximate surface area is 173 Å². The number of fused-ring (bicyclic) bond motifs is 1. The maximum absolute atomic E-state index is 12.5. The summed E-state index contributed by atoms with van der Waals surface area (Å²) in [5, 5.41) is 5.41. The van der Waals surface area contributed by atoms with Crippen molar-refractivity contribution in [3.05, 3.63) is 45.1 Å². The van der Waals surface area contributed by atoms with Gasteiger partial charge in [0.1, 0.15) is 0 Å². The van der Waals surface area contributed by atoms with Crippen LogP contribution in [0.1, 0.15) is 66.5 Å². The Hall–Kier alpha value is -1.81. The van der Waals surface area contributed by atoms with E-state index in [1.165, 1.54) is 48.2 Å². The molecular formula is C24H32N2OS. The fourth-order valence-electron chi connectivity index (χ4n) is 4.80. The Kier molecular flexibility index (Phi) is 6.05. The van der Waals surface area contributed by atoms with E-state index >= 15 is 0 Å².